The monoisotopic (exact) mass is 1910 g/mol. The van der Waals surface area contributed by atoms with Gasteiger partial charge in [0.2, 0.25) is 49.2 Å². The fraction of sp³-hybridized carbons (Fsp3) is 0.137. The number of nitrogens with one attached hydrogen (secondary N) is 2. The molecule has 0 aliphatic heterocycles. The maximum absolute atomic E-state index is 13.7. The summed E-state index contributed by atoms with van der Waals surface area (Å²) in [6, 6.07) is 85.5. The third-order valence-electron chi connectivity index (χ3n) is 22.1. The molecule has 1 saturated carbocycles. The molecule has 136 heavy (non-hydrogen) atoms. The second-order valence-electron chi connectivity index (χ2n) is 31.8. The highest BCUT2D eigenvalue weighted by molar-refractivity contribution is 7.89. The van der Waals surface area contributed by atoms with Gasteiger partial charge in [0, 0.05) is 95.0 Å². The predicted molar refractivity (Wildman–Crippen MR) is 514 cm³/mol. The van der Waals surface area contributed by atoms with Crippen LogP contribution >= 0.6 is 22.7 Å². The molecule has 20 aromatic rings. The van der Waals surface area contributed by atoms with Gasteiger partial charge in [-0.1, -0.05) is 204 Å². The van der Waals surface area contributed by atoms with Gasteiger partial charge in [0.15, 0.2) is 0 Å². The van der Waals surface area contributed by atoms with Gasteiger partial charge in [-0.15, -0.1) is 22.7 Å². The zero-order valence-electron chi connectivity index (χ0n) is 72.3. The van der Waals surface area contributed by atoms with E-state index < -0.39 is 43.5 Å². The molecule has 0 bridgehead atoms. The number of alkyl halides is 6. The molecule has 21 rings (SSSR count). The van der Waals surface area contributed by atoms with E-state index in [9.17, 15) is 43.2 Å². The molecule has 1 aliphatic rings. The molecule has 0 amide bonds. The third kappa shape index (κ3) is 22.4. The van der Waals surface area contributed by atoms with Crippen LogP contribution in [0.4, 0.5) is 26.3 Å². The fourth-order valence-corrected chi connectivity index (χ4v) is 18.3. The summed E-state index contributed by atoms with van der Waals surface area (Å²) in [5, 5.41) is 32.4. The van der Waals surface area contributed by atoms with E-state index in [1.54, 1.807) is 65.1 Å². The van der Waals surface area contributed by atoms with Gasteiger partial charge >= 0.3 is 12.4 Å². The van der Waals surface area contributed by atoms with Crippen molar-refractivity contribution < 1.29 is 65.8 Å². The van der Waals surface area contributed by atoms with E-state index in [1.165, 1.54) is 130 Å². The number of aromatic nitrogens is 12. The zero-order valence-corrected chi connectivity index (χ0v) is 75.6. The quantitative estimate of drug-likeness (QED) is 0.0580. The van der Waals surface area contributed by atoms with E-state index in [-0.39, 0.29) is 51.5 Å². The molecule has 0 radical (unpaired) electrons. The van der Waals surface area contributed by atoms with E-state index in [0.29, 0.717) is 63.6 Å². The summed E-state index contributed by atoms with van der Waals surface area (Å²) in [5.74, 6) is 4.22. The maximum Gasteiger partial charge on any atom is 0.417 e. The first kappa shape index (κ1) is 94.2. The first-order chi connectivity index (χ1) is 65.0. The molecule has 34 heteroatoms. The Morgan fingerprint density at radius 3 is 1.31 bits per heavy atom. The van der Waals surface area contributed by atoms with E-state index in [0.717, 1.165) is 84.1 Å². The average Bonchev–Trinajstić information content (AvgIpc) is 1.62. The maximum atomic E-state index is 13.7. The summed E-state index contributed by atoms with van der Waals surface area (Å²) in [6.45, 7) is 5.05. The van der Waals surface area contributed by atoms with Crippen LogP contribution in [0.1, 0.15) is 77.5 Å². The fourth-order valence-electron chi connectivity index (χ4n) is 15.4. The van der Waals surface area contributed by atoms with Crippen molar-refractivity contribution in [2.75, 3.05) is 14.1 Å². The lowest BCUT2D eigenvalue weighted by Crippen LogP contribution is -2.11. The van der Waals surface area contributed by atoms with Crippen LogP contribution in [0.5, 0.6) is 0 Å². The summed E-state index contributed by atoms with van der Waals surface area (Å²) in [5.41, 5.74) is 13.3. The van der Waals surface area contributed by atoms with Crippen LogP contribution in [0.3, 0.4) is 0 Å². The lowest BCUT2D eigenvalue weighted by atomic mass is 9.84. The minimum absolute atomic E-state index is 0. The number of sulfonamides is 2. The molecule has 1 aliphatic carbocycles. The lowest BCUT2D eigenvalue weighted by Gasteiger charge is -2.21. The van der Waals surface area contributed by atoms with Crippen molar-refractivity contribution in [2.45, 2.75) is 88.0 Å². The summed E-state index contributed by atoms with van der Waals surface area (Å²) in [6.07, 6.45) is 1.33. The smallest absolute Gasteiger partial charge is 0.361 e. The van der Waals surface area contributed by atoms with Crippen LogP contribution in [0, 0.1) is 13.8 Å². The predicted octanol–water partition coefficient (Wildman–Crippen LogP) is 25.8. The largest absolute Gasteiger partial charge is 0.417 e. The van der Waals surface area contributed by atoms with Crippen molar-refractivity contribution in [3.8, 4) is 146 Å². The van der Waals surface area contributed by atoms with Crippen LogP contribution in [-0.2, 0) is 38.9 Å². The van der Waals surface area contributed by atoms with Crippen LogP contribution in [-0.4, -0.2) is 96.5 Å². The average molecular weight is 1910 g/mol. The Bertz CT molecular complexity index is 7720. The van der Waals surface area contributed by atoms with Crippen molar-refractivity contribution in [2.24, 2.45) is 10.3 Å². The van der Waals surface area contributed by atoms with Crippen molar-refractivity contribution in [3.63, 3.8) is 0 Å². The number of nitrogens with zero attached hydrogens (tertiary/aromatic N) is 11. The van der Waals surface area contributed by atoms with E-state index in [2.05, 4.69) is 146 Å². The normalized spacial score (nSPS) is 12.4. The molecule has 0 saturated heterocycles. The van der Waals surface area contributed by atoms with Crippen molar-refractivity contribution in [3.05, 3.63) is 336 Å². The van der Waals surface area contributed by atoms with Gasteiger partial charge in [-0.25, -0.2) is 27.1 Å². The molecule has 9 aromatic heterocycles. The highest BCUT2D eigenvalue weighted by Gasteiger charge is 2.36. The van der Waals surface area contributed by atoms with Gasteiger partial charge in [-0.05, 0) is 231 Å². The number of benzene rings is 11. The van der Waals surface area contributed by atoms with Crippen molar-refractivity contribution in [1.29, 1.82) is 0 Å². The topological polar surface area (TPSA) is 350 Å². The first-order valence-corrected chi connectivity index (χ1v) is 47.0. The molecule has 9 heterocycles. The highest BCUT2D eigenvalue weighted by Crippen LogP contribution is 2.44. The minimum Gasteiger partial charge on any atom is -0.361 e. The number of hydrogen-bond donors (Lipinski definition) is 4. The van der Waals surface area contributed by atoms with Gasteiger partial charge < -0.3 is 37.5 Å². The number of fused-ring (bicyclic) bond motifs is 2. The Balaban J connectivity index is 0.000000123. The molecule has 0 spiro atoms. The third-order valence-corrected chi connectivity index (χ3v) is 26.1. The zero-order chi connectivity index (χ0) is 94.1. The Morgan fingerprint density at radius 2 is 0.801 bits per heavy atom. The summed E-state index contributed by atoms with van der Waals surface area (Å²) >= 11 is 3.35. The van der Waals surface area contributed by atoms with Gasteiger partial charge in [-0.3, -0.25) is 0 Å². The molecule has 24 nitrogen and oxygen atoms in total. The molecular weight excluding hydrogens is 1820 g/mol. The second kappa shape index (κ2) is 40.8. The second-order valence-corrected chi connectivity index (χ2v) is 37.4. The number of H-pyrrole nitrogens is 2. The molecule has 1 fully saturated rings. The molecular formula is C102H85F6N15O9S4. The van der Waals surface area contributed by atoms with Crippen LogP contribution < -0.4 is 10.3 Å². The number of aromatic amines is 2. The summed E-state index contributed by atoms with van der Waals surface area (Å²) < 4.78 is 152. The van der Waals surface area contributed by atoms with E-state index in [1.807, 2.05) is 130 Å². The highest BCUT2D eigenvalue weighted by atomic mass is 32.2. The molecule has 11 aromatic carbocycles. The number of nitrogens with two attached hydrogens (primary N) is 2. The number of rotatable bonds is 18. The van der Waals surface area contributed by atoms with Gasteiger partial charge in [0.25, 0.3) is 29.5 Å². The lowest BCUT2D eigenvalue weighted by molar-refractivity contribution is -0.138. The molecule has 6 N–H and O–H groups in total. The number of hydrogen-bond acceptors (Lipinski definition) is 22. The SMILES string of the molecule is C.CN(C)Cc1ccc(-c2noc(-c3cccc(C(F)(F)F)c3)n2)cc1.Cc1sc(-c2nc(-c3ccc4[nH]ccc4c3)no2)cc1-c1ccccc1.Cc1sc(-c2nc(-c3cccc4[nH]ccc34)no2)cc1-c1ccccc1.NS(=O)(=O)c1ccc(-c2noc(-c3ccc(-c4ccccc4)c(C(F)(F)F)c3)n2)cc1.NS(=O)(=O)c1ccc(-c2noc(-c3ccc(C4CCCCC4)cc3)n2)cc1. The van der Waals surface area contributed by atoms with Crippen molar-refractivity contribution in [1.82, 2.24) is 65.6 Å². The van der Waals surface area contributed by atoms with Crippen LogP contribution in [0.2, 0.25) is 0 Å². The standard InChI is InChI=1S/C21H14F3N3O3S.2C21H15N3OS.C20H21N3O3S.C18H16F3N3O.CH4/c22-21(23,24)18-12-15(8-11-17(18)13-4-2-1-3-5-13)20-26-19(27-30-20)14-6-9-16(10-7-14)31(25,28)29;1-13-17(14-6-3-2-4-7-14)12-19(26-13)21-23-20(24-25-21)16-8-5-9-18-15(16)10-11-22-18;1-13-17(14-5-3-2-4-6-14)12-19(26-13)21-23-20(24-25-21)16-7-8-18-15(11-16)9-10-22-18;21-27(24,25)18-12-10-16(11-13-18)19-22-20(26-23-19)17-8-6-15(7-9-17)14-4-2-1-3-5-14;1-24(2)11-12-6-8-13(9-7-12)16-22-17(25-23-16)14-4-3-5-15(10-14)18(19,20)21;/h1-12H,(H2,25,28,29);2*2-12,22H,1H3;6-14H,1-5H2,(H2,21,24,25);3-10H,11H2,1-2H3;1H4. The number of primary sulfonamides is 2. The summed E-state index contributed by atoms with van der Waals surface area (Å²) in [7, 11) is -3.61. The Morgan fingerprint density at radius 1 is 0.382 bits per heavy atom. The molecule has 0 atom stereocenters. The van der Waals surface area contributed by atoms with Crippen molar-refractivity contribution >= 4 is 64.5 Å². The van der Waals surface area contributed by atoms with Gasteiger partial charge in [0.1, 0.15) is 0 Å². The van der Waals surface area contributed by atoms with Gasteiger partial charge in [-0.2, -0.15) is 51.3 Å². The number of aryl methyl sites for hydroxylation is 2. The minimum atomic E-state index is -4.59. The Hall–Kier alpha value is -15.0. The van der Waals surface area contributed by atoms with Gasteiger partial charge in [0.05, 0.1) is 30.7 Å². The van der Waals surface area contributed by atoms with E-state index >= 15 is 0 Å². The first-order valence-electron chi connectivity index (χ1n) is 42.2. The van der Waals surface area contributed by atoms with Crippen LogP contribution in [0.15, 0.2) is 336 Å². The number of halogens is 6. The molecule has 688 valence electrons. The Kier molecular flexibility index (Phi) is 28.3. The number of thiophene rings is 2. The summed E-state index contributed by atoms with van der Waals surface area (Å²) in [4.78, 5) is 34.9. The van der Waals surface area contributed by atoms with Crippen LogP contribution in [0.25, 0.3) is 168 Å². The molecule has 0 unspecified atom stereocenters. The van der Waals surface area contributed by atoms with E-state index in [4.69, 9.17) is 32.9 Å². The Labute approximate surface area is 784 Å².